The summed E-state index contributed by atoms with van der Waals surface area (Å²) < 4.78 is 27.5. The molecule has 1 saturated carbocycles. The maximum Gasteiger partial charge on any atom is 0.243 e. The lowest BCUT2D eigenvalue weighted by Crippen LogP contribution is -2.45. The van der Waals surface area contributed by atoms with E-state index in [-0.39, 0.29) is 23.9 Å². The Morgan fingerprint density at radius 1 is 1.00 bits per heavy atom. The summed E-state index contributed by atoms with van der Waals surface area (Å²) in [6.45, 7) is 4.75. The molecule has 0 spiro atoms. The van der Waals surface area contributed by atoms with E-state index in [1.807, 2.05) is 48.2 Å². The first-order valence-corrected chi connectivity index (χ1v) is 12.7. The van der Waals surface area contributed by atoms with Crippen molar-refractivity contribution in [2.45, 2.75) is 56.5 Å². The molecule has 2 aliphatic rings. The summed E-state index contributed by atoms with van der Waals surface area (Å²) in [6, 6.07) is 14.9. The van der Waals surface area contributed by atoms with Gasteiger partial charge in [-0.25, -0.2) is 8.42 Å². The first-order chi connectivity index (χ1) is 14.8. The number of carbonyl (C=O) groups excluding carboxylic acids is 1. The molecule has 1 aliphatic carbocycles. The van der Waals surface area contributed by atoms with Crippen molar-refractivity contribution in [3.05, 3.63) is 64.7 Å². The van der Waals surface area contributed by atoms with Gasteiger partial charge in [-0.05, 0) is 69.4 Å². The van der Waals surface area contributed by atoms with Crippen LogP contribution in [0, 0.1) is 12.8 Å². The Hall–Kier alpha value is -1.89. The molecule has 2 aromatic carbocycles. The van der Waals surface area contributed by atoms with Crippen molar-refractivity contribution in [1.29, 1.82) is 0 Å². The van der Waals surface area contributed by atoms with Crippen LogP contribution in [0.3, 0.4) is 0 Å². The van der Waals surface area contributed by atoms with Gasteiger partial charge in [0.05, 0.1) is 10.9 Å². The maximum atomic E-state index is 13.5. The Kier molecular flexibility index (Phi) is 6.42. The van der Waals surface area contributed by atoms with Gasteiger partial charge in [0, 0.05) is 30.1 Å². The zero-order valence-corrected chi connectivity index (χ0v) is 19.6. The monoisotopic (exact) mass is 460 g/mol. The highest BCUT2D eigenvalue weighted by Crippen LogP contribution is 2.37. The van der Waals surface area contributed by atoms with Crippen LogP contribution in [-0.4, -0.2) is 42.7 Å². The van der Waals surface area contributed by atoms with E-state index < -0.39 is 10.0 Å². The first-order valence-electron chi connectivity index (χ1n) is 10.9. The molecule has 2 fully saturated rings. The number of piperidine rings is 1. The summed E-state index contributed by atoms with van der Waals surface area (Å²) in [5, 5.41) is 0.683. The fraction of sp³-hybridized carbons (Fsp3) is 0.458. The average Bonchev–Trinajstić information content (AvgIpc) is 3.60. The number of nitrogens with zero attached hydrogens (tertiary/aromatic N) is 2. The molecule has 31 heavy (non-hydrogen) atoms. The third-order valence-electron chi connectivity index (χ3n) is 6.43. The second-order valence-electron chi connectivity index (χ2n) is 8.70. The van der Waals surface area contributed by atoms with Gasteiger partial charge in [0.25, 0.3) is 0 Å². The van der Waals surface area contributed by atoms with Crippen LogP contribution in [-0.2, 0) is 14.8 Å². The fourth-order valence-electron chi connectivity index (χ4n) is 4.35. The summed E-state index contributed by atoms with van der Waals surface area (Å²) in [5.41, 5.74) is 2.10. The third-order valence-corrected chi connectivity index (χ3v) is 8.59. The van der Waals surface area contributed by atoms with Crippen LogP contribution in [0.2, 0.25) is 5.02 Å². The van der Waals surface area contributed by atoms with E-state index in [1.165, 1.54) is 4.31 Å². The Balaban J connectivity index is 1.44. The van der Waals surface area contributed by atoms with Crippen LogP contribution in [0.4, 0.5) is 0 Å². The minimum atomic E-state index is -3.52. The number of amides is 1. The highest BCUT2D eigenvalue weighted by molar-refractivity contribution is 7.89. The lowest BCUT2D eigenvalue weighted by Gasteiger charge is -2.36. The summed E-state index contributed by atoms with van der Waals surface area (Å²) in [4.78, 5) is 15.8. The van der Waals surface area contributed by atoms with Crippen LogP contribution in [0.15, 0.2) is 53.4 Å². The van der Waals surface area contributed by atoms with Crippen molar-refractivity contribution >= 4 is 27.5 Å². The van der Waals surface area contributed by atoms with E-state index >= 15 is 0 Å². The zero-order chi connectivity index (χ0) is 22.2. The minimum absolute atomic E-state index is 0.0217. The van der Waals surface area contributed by atoms with Gasteiger partial charge < -0.3 is 4.90 Å². The number of hydrogen-bond acceptors (Lipinski definition) is 3. The Bertz CT molecular complexity index is 1030. The van der Waals surface area contributed by atoms with E-state index in [0.29, 0.717) is 35.8 Å². The molecule has 166 valence electrons. The molecule has 4 rings (SSSR count). The summed E-state index contributed by atoms with van der Waals surface area (Å²) in [6.07, 6.45) is 3.18. The van der Waals surface area contributed by atoms with E-state index in [9.17, 15) is 13.2 Å². The number of carbonyl (C=O) groups is 1. The van der Waals surface area contributed by atoms with Crippen LogP contribution in [0.25, 0.3) is 0 Å². The maximum absolute atomic E-state index is 13.5. The van der Waals surface area contributed by atoms with E-state index in [4.69, 9.17) is 11.6 Å². The van der Waals surface area contributed by atoms with E-state index in [2.05, 4.69) is 6.92 Å². The smallest absolute Gasteiger partial charge is 0.243 e. The normalized spacial score (nSPS) is 19.2. The number of sulfonamides is 1. The third kappa shape index (κ3) is 4.81. The summed E-state index contributed by atoms with van der Waals surface area (Å²) >= 11 is 6.02. The van der Waals surface area contributed by atoms with Crippen molar-refractivity contribution in [3.8, 4) is 0 Å². The fourth-order valence-corrected chi connectivity index (χ4v) is 5.95. The summed E-state index contributed by atoms with van der Waals surface area (Å²) in [7, 11) is -3.52. The van der Waals surface area contributed by atoms with Gasteiger partial charge in [-0.2, -0.15) is 4.31 Å². The molecule has 0 N–H and O–H groups in total. The molecule has 1 saturated heterocycles. The molecule has 7 heteroatoms. The molecule has 0 bridgehead atoms. The predicted octanol–water partition coefficient (Wildman–Crippen LogP) is 4.80. The van der Waals surface area contributed by atoms with Crippen LogP contribution >= 0.6 is 11.6 Å². The van der Waals surface area contributed by atoms with Gasteiger partial charge in [-0.1, -0.05) is 41.4 Å². The lowest BCUT2D eigenvalue weighted by molar-refractivity contribution is -0.139. The highest BCUT2D eigenvalue weighted by atomic mass is 35.5. The average molecular weight is 461 g/mol. The summed E-state index contributed by atoms with van der Waals surface area (Å²) in [5.74, 6) is 0.0113. The second kappa shape index (κ2) is 8.93. The first kappa shape index (κ1) is 22.3. The minimum Gasteiger partial charge on any atom is -0.333 e. The zero-order valence-electron chi connectivity index (χ0n) is 18.0. The topological polar surface area (TPSA) is 57.7 Å². The van der Waals surface area contributed by atoms with Crippen molar-refractivity contribution < 1.29 is 13.2 Å². The number of hydrogen-bond donors (Lipinski definition) is 0. The van der Waals surface area contributed by atoms with Gasteiger partial charge in [0.2, 0.25) is 15.9 Å². The van der Waals surface area contributed by atoms with Crippen molar-refractivity contribution in [2.24, 2.45) is 5.92 Å². The van der Waals surface area contributed by atoms with Gasteiger partial charge in [-0.3, -0.25) is 4.79 Å². The number of rotatable bonds is 6. The van der Waals surface area contributed by atoms with Crippen LogP contribution in [0.1, 0.15) is 49.8 Å². The molecule has 0 radical (unpaired) electrons. The molecular weight excluding hydrogens is 432 g/mol. The Labute approximate surface area is 190 Å². The number of halogens is 1. The molecular formula is C24H29ClN2O3S. The largest absolute Gasteiger partial charge is 0.333 e. The van der Waals surface area contributed by atoms with Crippen molar-refractivity contribution in [2.75, 3.05) is 13.1 Å². The standard InChI is InChI=1S/C24H29ClN2O3S/c1-17-3-11-23(12-4-17)31(29,30)26-15-13-20(14-16-26)24(28)27(22-9-10-22)18(2)19-5-7-21(25)8-6-19/h3-8,11-12,18,20,22H,9-10,13-16H2,1-2H3. The van der Waals surface area contributed by atoms with Crippen molar-refractivity contribution in [1.82, 2.24) is 9.21 Å². The molecule has 1 unspecified atom stereocenters. The highest BCUT2D eigenvalue weighted by Gasteiger charge is 2.41. The Morgan fingerprint density at radius 3 is 2.13 bits per heavy atom. The molecule has 1 atom stereocenters. The SMILES string of the molecule is Cc1ccc(S(=O)(=O)N2CCC(C(=O)N(C3CC3)C(C)c3ccc(Cl)cc3)CC2)cc1. The van der Waals surface area contributed by atoms with Crippen LogP contribution in [0.5, 0.6) is 0 Å². The van der Waals surface area contributed by atoms with Crippen LogP contribution < -0.4 is 0 Å². The molecule has 1 aliphatic heterocycles. The number of aryl methyl sites for hydroxylation is 1. The van der Waals surface area contributed by atoms with Gasteiger partial charge in [0.15, 0.2) is 0 Å². The molecule has 1 amide bonds. The molecule has 2 aromatic rings. The molecule has 1 heterocycles. The Morgan fingerprint density at radius 2 is 1.58 bits per heavy atom. The predicted molar refractivity (Wildman–Crippen MR) is 122 cm³/mol. The van der Waals surface area contributed by atoms with Gasteiger partial charge in [-0.15, -0.1) is 0 Å². The quantitative estimate of drug-likeness (QED) is 0.622. The number of benzene rings is 2. The van der Waals surface area contributed by atoms with Crippen molar-refractivity contribution in [3.63, 3.8) is 0 Å². The van der Waals surface area contributed by atoms with E-state index in [1.54, 1.807) is 12.1 Å². The molecule has 0 aromatic heterocycles. The van der Waals surface area contributed by atoms with Gasteiger partial charge in [0.1, 0.15) is 0 Å². The lowest BCUT2D eigenvalue weighted by atomic mass is 9.95. The molecule has 5 nitrogen and oxygen atoms in total. The van der Waals surface area contributed by atoms with E-state index in [0.717, 1.165) is 24.0 Å². The second-order valence-corrected chi connectivity index (χ2v) is 11.1. The van der Waals surface area contributed by atoms with Gasteiger partial charge >= 0.3 is 0 Å².